The highest BCUT2D eigenvalue weighted by Crippen LogP contribution is 2.07. The minimum absolute atomic E-state index is 0.319. The van der Waals surface area contributed by atoms with Gasteiger partial charge >= 0.3 is 0 Å². The molecule has 0 unspecified atom stereocenters. The summed E-state index contributed by atoms with van der Waals surface area (Å²) in [7, 11) is 0. The smallest absolute Gasteiger partial charge is 0.00285 e. The van der Waals surface area contributed by atoms with Gasteiger partial charge in [-0.3, -0.25) is 0 Å². The first kappa shape index (κ1) is 10.8. The number of rotatable bonds is 0. The summed E-state index contributed by atoms with van der Waals surface area (Å²) < 4.78 is 0. The van der Waals surface area contributed by atoms with E-state index in [9.17, 15) is 0 Å². The van der Waals surface area contributed by atoms with Gasteiger partial charge in [-0.25, -0.2) is 5.90 Å². The quantitative estimate of drug-likeness (QED) is 0.403. The van der Waals surface area contributed by atoms with Crippen LogP contribution in [0.2, 0.25) is 0 Å². The van der Waals surface area contributed by atoms with E-state index in [-0.39, 0.29) is 0 Å². The normalized spacial score (nSPS) is 9.75. The Labute approximate surface area is 50.6 Å². The maximum atomic E-state index is 6.50. The predicted octanol–water partition coefficient (Wildman–Crippen LogP) is 0.326. The molecular weight excluding hydrogens is 104 g/mol. The molecule has 0 aromatic rings. The molecule has 0 radical (unpaired) electrons. The molecule has 0 aromatic carbocycles. The van der Waals surface area contributed by atoms with Gasteiger partial charge in [0.25, 0.3) is 0 Å². The average Bonchev–Trinajstić information content (AvgIpc) is 1.71. The third kappa shape index (κ3) is 16.9. The second kappa shape index (κ2) is 5.03. The molecule has 0 heterocycles. The first-order chi connectivity index (χ1) is 3.56. The monoisotopic (exact) mass is 120 g/mol. The van der Waals surface area contributed by atoms with E-state index in [0.717, 1.165) is 6.54 Å². The second-order valence-corrected chi connectivity index (χ2v) is 2.76. The standard InChI is InChI=1S/C5H13N.H3NO/c1-5(2,3)4-6;1-2/h4,6H2,1-3H3;2H,1H2. The highest BCUT2D eigenvalue weighted by Gasteiger charge is 2.03. The van der Waals surface area contributed by atoms with Gasteiger partial charge in [0.15, 0.2) is 0 Å². The lowest BCUT2D eigenvalue weighted by molar-refractivity contribution is 0.311. The lowest BCUT2D eigenvalue weighted by atomic mass is 9.98. The van der Waals surface area contributed by atoms with E-state index >= 15 is 0 Å². The molecule has 0 atom stereocenters. The van der Waals surface area contributed by atoms with Crippen molar-refractivity contribution in [2.75, 3.05) is 6.54 Å². The molecule has 0 aliphatic heterocycles. The van der Waals surface area contributed by atoms with Gasteiger partial charge in [-0.1, -0.05) is 20.8 Å². The second-order valence-electron chi connectivity index (χ2n) is 2.76. The van der Waals surface area contributed by atoms with E-state index in [4.69, 9.17) is 10.9 Å². The van der Waals surface area contributed by atoms with E-state index in [1.165, 1.54) is 0 Å². The fourth-order valence-electron chi connectivity index (χ4n) is 0. The summed E-state index contributed by atoms with van der Waals surface area (Å²) in [5.41, 5.74) is 5.62. The third-order valence-corrected chi connectivity index (χ3v) is 0.612. The van der Waals surface area contributed by atoms with Crippen molar-refractivity contribution < 1.29 is 5.21 Å². The van der Waals surface area contributed by atoms with Crippen molar-refractivity contribution in [2.45, 2.75) is 20.8 Å². The van der Waals surface area contributed by atoms with Crippen molar-refractivity contribution in [3.63, 3.8) is 0 Å². The summed E-state index contributed by atoms with van der Waals surface area (Å²) in [6, 6.07) is 0. The van der Waals surface area contributed by atoms with E-state index in [0.29, 0.717) is 5.41 Å². The summed E-state index contributed by atoms with van der Waals surface area (Å²) in [5, 5.41) is 6.50. The molecule has 0 rings (SSSR count). The third-order valence-electron chi connectivity index (χ3n) is 0.612. The van der Waals surface area contributed by atoms with Gasteiger partial charge in [0.2, 0.25) is 0 Å². The fourth-order valence-corrected chi connectivity index (χ4v) is 0. The molecule has 0 aliphatic rings. The molecule has 52 valence electrons. The highest BCUT2D eigenvalue weighted by atomic mass is 16.4. The van der Waals surface area contributed by atoms with Crippen LogP contribution in [0.5, 0.6) is 0 Å². The number of hydrogen-bond acceptors (Lipinski definition) is 3. The molecule has 0 fully saturated rings. The van der Waals surface area contributed by atoms with Crippen LogP contribution in [-0.4, -0.2) is 11.8 Å². The molecule has 0 spiro atoms. The van der Waals surface area contributed by atoms with Crippen LogP contribution < -0.4 is 11.6 Å². The summed E-state index contributed by atoms with van der Waals surface area (Å²) in [6.07, 6.45) is 0. The molecule has 0 saturated heterocycles. The Morgan fingerprint density at radius 2 is 1.38 bits per heavy atom. The molecule has 3 heteroatoms. The Bertz CT molecular complexity index is 40.2. The Kier molecular flexibility index (Phi) is 6.78. The van der Waals surface area contributed by atoms with Gasteiger partial charge in [-0.2, -0.15) is 0 Å². The molecule has 0 amide bonds. The Hall–Kier alpha value is -0.120. The molecular formula is C5H16N2O. The lowest BCUT2D eigenvalue weighted by Gasteiger charge is -2.12. The first-order valence-electron chi connectivity index (χ1n) is 2.52. The molecule has 0 bridgehead atoms. The molecule has 0 aliphatic carbocycles. The largest absolute Gasteiger partial charge is 0.330 e. The van der Waals surface area contributed by atoms with Crippen molar-refractivity contribution in [2.24, 2.45) is 17.0 Å². The summed E-state index contributed by atoms with van der Waals surface area (Å²) in [6.45, 7) is 7.12. The van der Waals surface area contributed by atoms with Crippen LogP contribution in [0.3, 0.4) is 0 Å². The minimum atomic E-state index is 0.319. The summed E-state index contributed by atoms with van der Waals surface area (Å²) in [5.74, 6) is 3.50. The van der Waals surface area contributed by atoms with Crippen LogP contribution in [0.1, 0.15) is 20.8 Å². The topological polar surface area (TPSA) is 72.3 Å². The number of hydrogen-bond donors (Lipinski definition) is 3. The molecule has 5 N–H and O–H groups in total. The highest BCUT2D eigenvalue weighted by molar-refractivity contribution is 4.59. The maximum Gasteiger partial charge on any atom is -0.00285 e. The van der Waals surface area contributed by atoms with E-state index in [1.54, 1.807) is 0 Å². The zero-order chi connectivity index (χ0) is 7.21. The summed E-state index contributed by atoms with van der Waals surface area (Å²) in [4.78, 5) is 0. The molecule has 3 nitrogen and oxygen atoms in total. The van der Waals surface area contributed by atoms with Gasteiger partial charge in [-0.15, -0.1) is 0 Å². The molecule has 0 aromatic heterocycles. The number of nitrogens with two attached hydrogens (primary N) is 2. The van der Waals surface area contributed by atoms with E-state index in [2.05, 4.69) is 26.7 Å². The lowest BCUT2D eigenvalue weighted by Crippen LogP contribution is -2.18. The zero-order valence-corrected chi connectivity index (χ0v) is 5.81. The predicted molar refractivity (Wildman–Crippen MR) is 34.5 cm³/mol. The van der Waals surface area contributed by atoms with Gasteiger partial charge in [0.05, 0.1) is 0 Å². The SMILES string of the molecule is CC(C)(C)CN.NO. The van der Waals surface area contributed by atoms with Crippen molar-refractivity contribution in [3.8, 4) is 0 Å². The van der Waals surface area contributed by atoms with E-state index < -0.39 is 0 Å². The van der Waals surface area contributed by atoms with Crippen LogP contribution in [0.25, 0.3) is 0 Å². The van der Waals surface area contributed by atoms with Crippen LogP contribution in [0.4, 0.5) is 0 Å². The van der Waals surface area contributed by atoms with Gasteiger partial charge in [0.1, 0.15) is 0 Å². The van der Waals surface area contributed by atoms with Crippen LogP contribution in [-0.2, 0) is 0 Å². The Balaban J connectivity index is 0. The molecule has 8 heavy (non-hydrogen) atoms. The summed E-state index contributed by atoms with van der Waals surface area (Å²) >= 11 is 0. The van der Waals surface area contributed by atoms with Crippen molar-refractivity contribution >= 4 is 0 Å². The minimum Gasteiger partial charge on any atom is -0.330 e. The Morgan fingerprint density at radius 1 is 1.25 bits per heavy atom. The van der Waals surface area contributed by atoms with Gasteiger partial charge in [-0.05, 0) is 12.0 Å². The molecule has 0 saturated carbocycles. The maximum absolute atomic E-state index is 6.50. The average molecular weight is 120 g/mol. The fraction of sp³-hybridized carbons (Fsp3) is 1.00. The Morgan fingerprint density at radius 3 is 1.38 bits per heavy atom. The van der Waals surface area contributed by atoms with Crippen molar-refractivity contribution in [1.82, 2.24) is 0 Å². The van der Waals surface area contributed by atoms with Crippen molar-refractivity contribution in [1.29, 1.82) is 0 Å². The van der Waals surface area contributed by atoms with Gasteiger partial charge in [0, 0.05) is 0 Å². The van der Waals surface area contributed by atoms with Crippen LogP contribution in [0.15, 0.2) is 0 Å². The zero-order valence-electron chi connectivity index (χ0n) is 5.81. The van der Waals surface area contributed by atoms with Crippen molar-refractivity contribution in [3.05, 3.63) is 0 Å². The van der Waals surface area contributed by atoms with Gasteiger partial charge < -0.3 is 10.9 Å². The first-order valence-corrected chi connectivity index (χ1v) is 2.52. The van der Waals surface area contributed by atoms with Crippen LogP contribution >= 0.6 is 0 Å². The van der Waals surface area contributed by atoms with E-state index in [1.807, 2.05) is 0 Å². The van der Waals surface area contributed by atoms with Crippen LogP contribution in [0, 0.1) is 5.41 Å².